The normalized spacial score (nSPS) is 17.3. The highest BCUT2D eigenvalue weighted by molar-refractivity contribution is 5.98. The summed E-state index contributed by atoms with van der Waals surface area (Å²) >= 11 is 0. The summed E-state index contributed by atoms with van der Waals surface area (Å²) in [6.07, 6.45) is 3.08. The molecule has 23 heavy (non-hydrogen) atoms. The molecule has 1 aliphatic heterocycles. The van der Waals surface area contributed by atoms with Crippen LogP contribution in [0.4, 0.5) is 5.69 Å². The fourth-order valence-corrected chi connectivity index (χ4v) is 2.64. The average molecular weight is 340 g/mol. The van der Waals surface area contributed by atoms with E-state index in [1.54, 1.807) is 12.1 Å². The highest BCUT2D eigenvalue weighted by atomic mass is 35.5. The number of aryl methyl sites for hydroxylation is 1. The molecule has 2 amide bonds. The van der Waals surface area contributed by atoms with Crippen molar-refractivity contribution in [3.63, 3.8) is 0 Å². The number of carbonyl (C=O) groups is 2. The maximum Gasteiger partial charge on any atom is 0.251 e. The van der Waals surface area contributed by atoms with Crippen molar-refractivity contribution in [3.8, 4) is 0 Å². The Kier molecular flexibility index (Phi) is 7.52. The van der Waals surface area contributed by atoms with Crippen molar-refractivity contribution in [2.24, 2.45) is 0 Å². The van der Waals surface area contributed by atoms with Crippen LogP contribution in [0.15, 0.2) is 18.2 Å². The summed E-state index contributed by atoms with van der Waals surface area (Å²) in [4.78, 5) is 24.2. The number of hydrogen-bond acceptors (Lipinski definition) is 3. The zero-order chi connectivity index (χ0) is 16.1. The Morgan fingerprint density at radius 3 is 2.57 bits per heavy atom. The second-order valence-electron chi connectivity index (χ2n) is 6.15. The molecule has 1 saturated heterocycles. The van der Waals surface area contributed by atoms with Gasteiger partial charge in [-0.15, -0.1) is 12.4 Å². The predicted octanol–water partition coefficient (Wildman–Crippen LogP) is 2.64. The summed E-state index contributed by atoms with van der Waals surface area (Å²) in [5.74, 6) is -0.0854. The average Bonchev–Trinajstić information content (AvgIpc) is 2.47. The number of piperidine rings is 1. The van der Waals surface area contributed by atoms with Gasteiger partial charge in [0, 0.05) is 17.3 Å². The first kappa shape index (κ1) is 19.5. The summed E-state index contributed by atoms with van der Waals surface area (Å²) in [6.45, 7) is 6.63. The van der Waals surface area contributed by atoms with Crippen LogP contribution in [0.5, 0.6) is 0 Å². The van der Waals surface area contributed by atoms with Gasteiger partial charge in [-0.05, 0) is 63.9 Å². The summed E-state index contributed by atoms with van der Waals surface area (Å²) in [6, 6.07) is 5.37. The molecule has 128 valence electrons. The number of amides is 2. The van der Waals surface area contributed by atoms with Gasteiger partial charge in [0.1, 0.15) is 0 Å². The van der Waals surface area contributed by atoms with E-state index in [1.165, 1.54) is 0 Å². The summed E-state index contributed by atoms with van der Waals surface area (Å²) in [5, 5.41) is 9.03. The van der Waals surface area contributed by atoms with Gasteiger partial charge in [-0.2, -0.15) is 0 Å². The lowest BCUT2D eigenvalue weighted by atomic mass is 10.0. The lowest BCUT2D eigenvalue weighted by Gasteiger charge is -2.22. The number of halogens is 1. The molecule has 2 rings (SSSR count). The van der Waals surface area contributed by atoms with Crippen molar-refractivity contribution in [1.29, 1.82) is 0 Å². The molecule has 1 aliphatic rings. The number of nitrogens with one attached hydrogen (secondary N) is 3. The second kappa shape index (κ2) is 8.89. The molecule has 1 unspecified atom stereocenters. The van der Waals surface area contributed by atoms with Gasteiger partial charge >= 0.3 is 0 Å². The first-order valence-corrected chi connectivity index (χ1v) is 7.93. The van der Waals surface area contributed by atoms with E-state index in [9.17, 15) is 9.59 Å². The molecule has 0 aliphatic carbocycles. The smallest absolute Gasteiger partial charge is 0.251 e. The van der Waals surface area contributed by atoms with E-state index >= 15 is 0 Å². The third-order valence-electron chi connectivity index (χ3n) is 3.79. The van der Waals surface area contributed by atoms with Crippen molar-refractivity contribution in [2.75, 3.05) is 11.9 Å². The van der Waals surface area contributed by atoms with Gasteiger partial charge in [0.2, 0.25) is 5.91 Å². The number of hydrogen-bond donors (Lipinski definition) is 3. The fourth-order valence-electron chi connectivity index (χ4n) is 2.64. The van der Waals surface area contributed by atoms with E-state index in [4.69, 9.17) is 0 Å². The number of benzene rings is 1. The third-order valence-corrected chi connectivity index (χ3v) is 3.79. The van der Waals surface area contributed by atoms with Gasteiger partial charge in [-0.3, -0.25) is 9.59 Å². The monoisotopic (exact) mass is 339 g/mol. The summed E-state index contributed by atoms with van der Waals surface area (Å²) in [5.41, 5.74) is 2.23. The molecule has 5 nitrogen and oxygen atoms in total. The molecule has 0 saturated carbocycles. The molecule has 1 atom stereocenters. The molecule has 0 radical (unpaired) electrons. The molecular weight excluding hydrogens is 314 g/mol. The first-order chi connectivity index (χ1) is 10.5. The maximum absolute atomic E-state index is 12.2. The Hall–Kier alpha value is -1.59. The van der Waals surface area contributed by atoms with Crippen LogP contribution in [-0.4, -0.2) is 30.4 Å². The van der Waals surface area contributed by atoms with Crippen molar-refractivity contribution >= 4 is 29.9 Å². The van der Waals surface area contributed by atoms with E-state index in [0.29, 0.717) is 5.56 Å². The lowest BCUT2D eigenvalue weighted by molar-refractivity contribution is -0.118. The molecule has 1 fully saturated rings. The number of rotatable bonds is 4. The van der Waals surface area contributed by atoms with Crippen LogP contribution in [-0.2, 0) is 4.79 Å². The van der Waals surface area contributed by atoms with Crippen LogP contribution < -0.4 is 16.0 Å². The van der Waals surface area contributed by atoms with Crippen LogP contribution in [0, 0.1) is 6.92 Å². The van der Waals surface area contributed by atoms with E-state index < -0.39 is 0 Å². The van der Waals surface area contributed by atoms with Gasteiger partial charge in [0.05, 0.1) is 6.04 Å². The van der Waals surface area contributed by atoms with E-state index in [2.05, 4.69) is 16.0 Å². The SMILES string of the molecule is Cc1cc(NC(=O)C2CCCCN2)ccc1C(=O)NC(C)C.Cl. The molecule has 1 aromatic rings. The minimum absolute atomic E-state index is 0. The largest absolute Gasteiger partial charge is 0.350 e. The minimum Gasteiger partial charge on any atom is -0.350 e. The number of anilines is 1. The molecule has 6 heteroatoms. The maximum atomic E-state index is 12.2. The number of carbonyl (C=O) groups excluding carboxylic acids is 2. The minimum atomic E-state index is -0.113. The standard InChI is InChI=1S/C17H25N3O2.ClH/c1-11(2)19-16(21)14-8-7-13(10-12(14)3)20-17(22)15-6-4-5-9-18-15;/h7-8,10-11,15,18H,4-6,9H2,1-3H3,(H,19,21)(H,20,22);1H. The molecule has 3 N–H and O–H groups in total. The Morgan fingerprint density at radius 2 is 2.00 bits per heavy atom. The highest BCUT2D eigenvalue weighted by Gasteiger charge is 2.20. The molecule has 1 heterocycles. The third kappa shape index (κ3) is 5.52. The zero-order valence-electron chi connectivity index (χ0n) is 13.9. The quantitative estimate of drug-likeness (QED) is 0.789. The molecule has 0 aromatic heterocycles. The molecule has 0 spiro atoms. The zero-order valence-corrected chi connectivity index (χ0v) is 14.8. The molecule has 0 bridgehead atoms. The van der Waals surface area contributed by atoms with Crippen LogP contribution >= 0.6 is 12.4 Å². The van der Waals surface area contributed by atoms with Gasteiger partial charge in [-0.25, -0.2) is 0 Å². The van der Waals surface area contributed by atoms with Gasteiger partial charge < -0.3 is 16.0 Å². The fraction of sp³-hybridized carbons (Fsp3) is 0.529. The Balaban J connectivity index is 0.00000264. The van der Waals surface area contributed by atoms with Crippen molar-refractivity contribution in [2.45, 2.75) is 52.1 Å². The van der Waals surface area contributed by atoms with Crippen LogP contribution in [0.2, 0.25) is 0 Å². The van der Waals surface area contributed by atoms with Crippen molar-refractivity contribution in [1.82, 2.24) is 10.6 Å². The Bertz CT molecular complexity index is 555. The Labute approximate surface area is 144 Å². The second-order valence-corrected chi connectivity index (χ2v) is 6.15. The van der Waals surface area contributed by atoms with Crippen LogP contribution in [0.25, 0.3) is 0 Å². The molecule has 1 aromatic carbocycles. The van der Waals surface area contributed by atoms with Crippen molar-refractivity contribution < 1.29 is 9.59 Å². The topological polar surface area (TPSA) is 70.2 Å². The van der Waals surface area contributed by atoms with Crippen molar-refractivity contribution in [3.05, 3.63) is 29.3 Å². The van der Waals surface area contributed by atoms with E-state index in [0.717, 1.165) is 37.1 Å². The summed E-state index contributed by atoms with van der Waals surface area (Å²) < 4.78 is 0. The predicted molar refractivity (Wildman–Crippen MR) is 95.3 cm³/mol. The van der Waals surface area contributed by atoms with Gasteiger partial charge in [-0.1, -0.05) is 6.42 Å². The van der Waals surface area contributed by atoms with Crippen LogP contribution in [0.3, 0.4) is 0 Å². The van der Waals surface area contributed by atoms with E-state index in [-0.39, 0.29) is 36.3 Å². The van der Waals surface area contributed by atoms with Gasteiger partial charge in [0.25, 0.3) is 5.91 Å². The van der Waals surface area contributed by atoms with Crippen LogP contribution in [0.1, 0.15) is 49.0 Å². The lowest BCUT2D eigenvalue weighted by Crippen LogP contribution is -2.43. The summed E-state index contributed by atoms with van der Waals surface area (Å²) in [7, 11) is 0. The first-order valence-electron chi connectivity index (χ1n) is 7.93. The highest BCUT2D eigenvalue weighted by Crippen LogP contribution is 2.17. The Morgan fingerprint density at radius 1 is 1.26 bits per heavy atom. The molecular formula is C17H26ClN3O2. The van der Waals surface area contributed by atoms with Gasteiger partial charge in [0.15, 0.2) is 0 Å². The van der Waals surface area contributed by atoms with E-state index in [1.807, 2.05) is 26.8 Å².